The third kappa shape index (κ3) is 6.22. The Balaban J connectivity index is 2.08. The fraction of sp³-hybridized carbons (Fsp3) is 0.182. The first-order valence-corrected chi connectivity index (χ1v) is 12.9. The van der Waals surface area contributed by atoms with Gasteiger partial charge < -0.3 is 5.32 Å². The molecule has 3 aromatic rings. The summed E-state index contributed by atoms with van der Waals surface area (Å²) in [6, 6.07) is 6.05. The highest BCUT2D eigenvalue weighted by molar-refractivity contribution is 14.1. The molecular weight excluding hydrogens is 619 g/mol. The van der Waals surface area contributed by atoms with Crippen LogP contribution in [0.3, 0.4) is 0 Å². The van der Waals surface area contributed by atoms with Gasteiger partial charge in [0.15, 0.2) is 23.3 Å². The van der Waals surface area contributed by atoms with Crippen LogP contribution in [0.25, 0.3) is 0 Å². The summed E-state index contributed by atoms with van der Waals surface area (Å²) in [7, 11) is -2.74. The van der Waals surface area contributed by atoms with E-state index in [1.54, 1.807) is 0 Å². The van der Waals surface area contributed by atoms with E-state index in [2.05, 4.69) is 15.1 Å². The number of hydrogen-bond donors (Lipinski definition) is 3. The summed E-state index contributed by atoms with van der Waals surface area (Å²) in [5.74, 6) is -6.76. The summed E-state index contributed by atoms with van der Waals surface area (Å²) in [5.41, 5.74) is -0.0217. The monoisotopic (exact) mass is 638 g/mol. The van der Waals surface area contributed by atoms with Crippen molar-refractivity contribution < 1.29 is 35.6 Å². The number of benzene rings is 2. The summed E-state index contributed by atoms with van der Waals surface area (Å²) < 4.78 is 85.6. The van der Waals surface area contributed by atoms with E-state index in [1.807, 2.05) is 32.8 Å². The maximum Gasteiger partial charge on any atom is 0.277 e. The predicted molar refractivity (Wildman–Crippen MR) is 133 cm³/mol. The van der Waals surface area contributed by atoms with Crippen LogP contribution in [0.15, 0.2) is 36.5 Å². The van der Waals surface area contributed by atoms with Gasteiger partial charge in [0.2, 0.25) is 10.0 Å². The van der Waals surface area contributed by atoms with Crippen molar-refractivity contribution in [1.29, 1.82) is 0 Å². The molecule has 36 heavy (non-hydrogen) atoms. The second-order valence-electron chi connectivity index (χ2n) is 7.29. The Bertz CT molecular complexity index is 1420. The van der Waals surface area contributed by atoms with Crippen LogP contribution >= 0.6 is 22.6 Å². The lowest BCUT2D eigenvalue weighted by Gasteiger charge is -2.17. The number of hydroxylamine groups is 1. The quantitative estimate of drug-likeness (QED) is 0.179. The highest BCUT2D eigenvalue weighted by Gasteiger charge is 2.25. The fourth-order valence-corrected chi connectivity index (χ4v) is 4.13. The van der Waals surface area contributed by atoms with E-state index < -0.39 is 68.3 Å². The number of anilines is 3. The molecule has 0 saturated heterocycles. The Morgan fingerprint density at radius 2 is 1.78 bits per heavy atom. The van der Waals surface area contributed by atoms with Crippen molar-refractivity contribution in [2.75, 3.05) is 22.9 Å². The molecule has 1 aromatic heterocycles. The molecule has 0 radical (unpaired) electrons. The van der Waals surface area contributed by atoms with Crippen LogP contribution in [-0.2, 0) is 21.3 Å². The van der Waals surface area contributed by atoms with E-state index in [0.29, 0.717) is 3.57 Å². The second kappa shape index (κ2) is 11.4. The molecule has 3 rings (SSSR count). The van der Waals surface area contributed by atoms with E-state index in [1.165, 1.54) is 19.1 Å². The molecule has 0 spiro atoms. The molecule has 2 aromatic carbocycles. The number of rotatable bonds is 9. The van der Waals surface area contributed by atoms with E-state index in [-0.39, 0.29) is 17.0 Å². The van der Waals surface area contributed by atoms with Gasteiger partial charge in [-0.1, -0.05) is 0 Å². The van der Waals surface area contributed by atoms with Crippen LogP contribution in [-0.4, -0.2) is 32.2 Å². The molecule has 0 saturated carbocycles. The minimum atomic E-state index is -3.86. The number of sulfonamides is 1. The molecule has 0 fully saturated rings. The van der Waals surface area contributed by atoms with Crippen molar-refractivity contribution in [3.8, 4) is 0 Å². The fourth-order valence-electron chi connectivity index (χ4n) is 3.10. The van der Waals surface area contributed by atoms with E-state index in [4.69, 9.17) is 0 Å². The zero-order valence-corrected chi connectivity index (χ0v) is 21.7. The molecular formula is C22H19F4IN4O4S. The summed E-state index contributed by atoms with van der Waals surface area (Å²) >= 11 is 1.87. The number of carbonyl (C=O) groups is 1. The topological polar surface area (TPSA) is 109 Å². The van der Waals surface area contributed by atoms with Crippen molar-refractivity contribution in [2.45, 2.75) is 13.3 Å². The molecule has 0 aliphatic heterocycles. The average molecular weight is 638 g/mol. The first-order chi connectivity index (χ1) is 17.0. The SMILES string of the molecule is CCS(=O)(=O)Nc1nccc(Cc2cc(C(=O)NOC)c(Nc3ccc(I)cc3F)c(F)c2F)c1F. The number of nitrogens with one attached hydrogen (secondary N) is 3. The van der Waals surface area contributed by atoms with Crippen LogP contribution in [0.2, 0.25) is 0 Å². The Morgan fingerprint density at radius 3 is 2.42 bits per heavy atom. The van der Waals surface area contributed by atoms with Crippen molar-refractivity contribution >= 4 is 55.7 Å². The minimum Gasteiger partial charge on any atom is -0.350 e. The Labute approximate surface area is 217 Å². The van der Waals surface area contributed by atoms with Gasteiger partial charge in [-0.2, -0.15) is 0 Å². The molecule has 192 valence electrons. The summed E-state index contributed by atoms with van der Waals surface area (Å²) in [4.78, 5) is 20.8. The van der Waals surface area contributed by atoms with Gasteiger partial charge in [-0.3, -0.25) is 14.4 Å². The minimum absolute atomic E-state index is 0.221. The largest absolute Gasteiger partial charge is 0.350 e. The molecule has 1 amide bonds. The van der Waals surface area contributed by atoms with E-state index >= 15 is 8.78 Å². The predicted octanol–water partition coefficient (Wildman–Crippen LogP) is 4.63. The van der Waals surface area contributed by atoms with Crippen molar-refractivity contribution in [2.24, 2.45) is 0 Å². The van der Waals surface area contributed by atoms with Crippen LogP contribution in [0.1, 0.15) is 28.4 Å². The molecule has 0 aliphatic carbocycles. The smallest absolute Gasteiger partial charge is 0.277 e. The lowest BCUT2D eigenvalue weighted by atomic mass is 10.00. The van der Waals surface area contributed by atoms with E-state index in [9.17, 15) is 22.0 Å². The Morgan fingerprint density at radius 1 is 1.06 bits per heavy atom. The first-order valence-electron chi connectivity index (χ1n) is 10.2. The number of amides is 1. The van der Waals surface area contributed by atoms with Crippen molar-refractivity contribution in [1.82, 2.24) is 10.5 Å². The van der Waals surface area contributed by atoms with Gasteiger partial charge in [-0.05, 0) is 71.0 Å². The second-order valence-corrected chi connectivity index (χ2v) is 10.5. The zero-order chi connectivity index (χ0) is 26.6. The van der Waals surface area contributed by atoms with Gasteiger partial charge in [0.1, 0.15) is 5.82 Å². The van der Waals surface area contributed by atoms with Gasteiger partial charge in [-0.15, -0.1) is 0 Å². The summed E-state index contributed by atoms with van der Waals surface area (Å²) in [6.45, 7) is 1.34. The van der Waals surface area contributed by atoms with Crippen molar-refractivity contribution in [3.05, 3.63) is 80.1 Å². The molecule has 3 N–H and O–H groups in total. The first kappa shape index (κ1) is 27.6. The maximum atomic E-state index is 15.2. The number of hydrogen-bond acceptors (Lipinski definition) is 6. The van der Waals surface area contributed by atoms with Crippen molar-refractivity contribution in [3.63, 3.8) is 0 Å². The maximum absolute atomic E-state index is 15.2. The zero-order valence-electron chi connectivity index (χ0n) is 18.8. The number of halogens is 5. The van der Waals surface area contributed by atoms with Gasteiger partial charge in [0, 0.05) is 16.2 Å². The Hall–Kier alpha value is -2.98. The lowest BCUT2D eigenvalue weighted by Crippen LogP contribution is -2.24. The van der Waals surface area contributed by atoms with E-state index in [0.717, 1.165) is 31.5 Å². The standard InChI is InChI=1S/C22H19F4IN4O4S/c1-3-36(33,34)31-21-18(25)11(6-7-28-21)8-12-9-14(22(32)30-35-2)20(19(26)17(12)24)29-16-5-4-13(27)10-15(16)23/h4-7,9-10,29H,3,8H2,1-2H3,(H,28,31)(H,30,32). The number of nitrogens with zero attached hydrogens (tertiary/aromatic N) is 1. The third-order valence-electron chi connectivity index (χ3n) is 4.89. The number of aromatic nitrogens is 1. The highest BCUT2D eigenvalue weighted by atomic mass is 127. The van der Waals surface area contributed by atoms with Crippen LogP contribution in [0.4, 0.5) is 34.8 Å². The number of pyridine rings is 1. The molecule has 8 nitrogen and oxygen atoms in total. The highest BCUT2D eigenvalue weighted by Crippen LogP contribution is 2.32. The van der Waals surface area contributed by atoms with Crippen LogP contribution < -0.4 is 15.5 Å². The molecule has 0 unspecified atom stereocenters. The lowest BCUT2D eigenvalue weighted by molar-refractivity contribution is 0.0538. The molecule has 0 atom stereocenters. The van der Waals surface area contributed by atoms with Gasteiger partial charge >= 0.3 is 0 Å². The normalized spacial score (nSPS) is 11.3. The molecule has 14 heteroatoms. The Kier molecular flexibility index (Phi) is 8.73. The summed E-state index contributed by atoms with van der Waals surface area (Å²) in [6.07, 6.45) is 0.525. The molecule has 0 bridgehead atoms. The average Bonchev–Trinajstić information content (AvgIpc) is 2.82. The van der Waals surface area contributed by atoms with Gasteiger partial charge in [0.25, 0.3) is 5.91 Å². The summed E-state index contributed by atoms with van der Waals surface area (Å²) in [5, 5.41) is 2.39. The van der Waals surface area contributed by atoms with Crippen LogP contribution in [0, 0.1) is 26.8 Å². The van der Waals surface area contributed by atoms with Gasteiger partial charge in [0.05, 0.1) is 29.8 Å². The number of carbonyl (C=O) groups excluding carboxylic acids is 1. The molecule has 1 heterocycles. The van der Waals surface area contributed by atoms with Crippen LogP contribution in [0.5, 0.6) is 0 Å². The third-order valence-corrected chi connectivity index (χ3v) is 6.83. The molecule has 0 aliphatic rings. The van der Waals surface area contributed by atoms with Gasteiger partial charge in [-0.25, -0.2) is 36.4 Å².